The topological polar surface area (TPSA) is 106 Å². The number of rotatable bonds is 8. The SMILES string of the molecule is CCOC(=O)c1cc(S(=O)(=O)NCCC(=O)NC2CCCC2)cn1C. The van der Waals surface area contributed by atoms with Crippen molar-refractivity contribution in [2.24, 2.45) is 7.05 Å². The normalized spacial score (nSPS) is 15.3. The highest BCUT2D eigenvalue weighted by Gasteiger charge is 2.22. The molecule has 1 heterocycles. The van der Waals surface area contributed by atoms with Crippen molar-refractivity contribution >= 4 is 21.9 Å². The van der Waals surface area contributed by atoms with Crippen LogP contribution in [0.3, 0.4) is 0 Å². The van der Waals surface area contributed by atoms with E-state index < -0.39 is 16.0 Å². The summed E-state index contributed by atoms with van der Waals surface area (Å²) in [5.41, 5.74) is 0.154. The summed E-state index contributed by atoms with van der Waals surface area (Å²) in [7, 11) is -2.22. The zero-order valence-corrected chi connectivity index (χ0v) is 15.4. The maximum Gasteiger partial charge on any atom is 0.354 e. The van der Waals surface area contributed by atoms with Crippen LogP contribution in [-0.4, -0.2) is 44.1 Å². The Morgan fingerprint density at radius 3 is 2.64 bits per heavy atom. The first kappa shape index (κ1) is 19.5. The lowest BCUT2D eigenvalue weighted by Gasteiger charge is -2.11. The monoisotopic (exact) mass is 371 g/mol. The molecule has 0 radical (unpaired) electrons. The molecule has 8 nitrogen and oxygen atoms in total. The summed E-state index contributed by atoms with van der Waals surface area (Å²) in [4.78, 5) is 23.6. The fourth-order valence-corrected chi connectivity index (χ4v) is 3.94. The van der Waals surface area contributed by atoms with E-state index in [1.54, 1.807) is 14.0 Å². The van der Waals surface area contributed by atoms with Gasteiger partial charge in [0.15, 0.2) is 0 Å². The van der Waals surface area contributed by atoms with E-state index in [0.717, 1.165) is 25.7 Å². The summed E-state index contributed by atoms with van der Waals surface area (Å²) in [5, 5.41) is 2.91. The Hall–Kier alpha value is -1.87. The second kappa shape index (κ2) is 8.48. The molecular formula is C16H25N3O5S. The maximum atomic E-state index is 12.3. The van der Waals surface area contributed by atoms with E-state index in [1.807, 2.05) is 0 Å². The van der Waals surface area contributed by atoms with E-state index in [0.29, 0.717) is 0 Å². The zero-order valence-electron chi connectivity index (χ0n) is 14.6. The predicted molar refractivity (Wildman–Crippen MR) is 91.6 cm³/mol. The maximum absolute atomic E-state index is 12.3. The highest BCUT2D eigenvalue weighted by molar-refractivity contribution is 7.89. The van der Waals surface area contributed by atoms with Crippen molar-refractivity contribution in [2.75, 3.05) is 13.2 Å². The number of sulfonamides is 1. The molecule has 1 aromatic heterocycles. The predicted octanol–water partition coefficient (Wildman–Crippen LogP) is 0.929. The second-order valence-electron chi connectivity index (χ2n) is 6.09. The molecule has 1 fully saturated rings. The van der Waals surface area contributed by atoms with E-state index in [2.05, 4.69) is 10.0 Å². The molecule has 2 rings (SSSR count). The first-order valence-corrected chi connectivity index (χ1v) is 9.94. The molecule has 0 spiro atoms. The van der Waals surface area contributed by atoms with Crippen LogP contribution in [-0.2, 0) is 26.6 Å². The standard InChI is InChI=1S/C16H25N3O5S/c1-3-24-16(21)14-10-13(11-19(14)2)25(22,23)17-9-8-15(20)18-12-6-4-5-7-12/h10-12,17H,3-9H2,1-2H3,(H,18,20). The van der Waals surface area contributed by atoms with E-state index >= 15 is 0 Å². The van der Waals surface area contributed by atoms with Crippen molar-refractivity contribution in [3.8, 4) is 0 Å². The minimum absolute atomic E-state index is 0.00448. The fraction of sp³-hybridized carbons (Fsp3) is 0.625. The van der Waals surface area contributed by atoms with Gasteiger partial charge in [0, 0.05) is 32.3 Å². The van der Waals surface area contributed by atoms with Crippen LogP contribution in [0.1, 0.15) is 49.5 Å². The molecule has 0 bridgehead atoms. The summed E-state index contributed by atoms with van der Waals surface area (Å²) in [6.07, 6.45) is 5.62. The van der Waals surface area contributed by atoms with Crippen LogP contribution in [0.4, 0.5) is 0 Å². The largest absolute Gasteiger partial charge is 0.461 e. The molecule has 1 aliphatic rings. The number of nitrogens with zero attached hydrogens (tertiary/aromatic N) is 1. The average Bonchev–Trinajstić information content (AvgIpc) is 3.17. The quantitative estimate of drug-likeness (QED) is 0.661. The average molecular weight is 371 g/mol. The molecule has 0 aliphatic heterocycles. The first-order chi connectivity index (χ1) is 11.8. The fourth-order valence-electron chi connectivity index (χ4n) is 2.84. The smallest absolute Gasteiger partial charge is 0.354 e. The van der Waals surface area contributed by atoms with Crippen molar-refractivity contribution in [1.29, 1.82) is 0 Å². The van der Waals surface area contributed by atoms with E-state index in [9.17, 15) is 18.0 Å². The number of aromatic nitrogens is 1. The van der Waals surface area contributed by atoms with Gasteiger partial charge >= 0.3 is 5.97 Å². The molecule has 2 N–H and O–H groups in total. The van der Waals surface area contributed by atoms with Crippen LogP contribution in [0.25, 0.3) is 0 Å². The molecule has 1 aliphatic carbocycles. The summed E-state index contributed by atoms with van der Waals surface area (Å²) in [6.45, 7) is 1.89. The van der Waals surface area contributed by atoms with E-state index in [-0.39, 0.29) is 42.1 Å². The van der Waals surface area contributed by atoms with Crippen molar-refractivity contribution in [3.05, 3.63) is 18.0 Å². The molecule has 1 aromatic rings. The summed E-state index contributed by atoms with van der Waals surface area (Å²) < 4.78 is 33.3. The van der Waals surface area contributed by atoms with Crippen LogP contribution >= 0.6 is 0 Å². The molecule has 0 aromatic carbocycles. The Kier molecular flexibility index (Phi) is 6.60. The van der Waals surface area contributed by atoms with Crippen molar-refractivity contribution < 1.29 is 22.7 Å². The lowest BCUT2D eigenvalue weighted by atomic mass is 10.2. The third-order valence-corrected chi connectivity index (χ3v) is 5.57. The highest BCUT2D eigenvalue weighted by atomic mass is 32.2. The lowest BCUT2D eigenvalue weighted by molar-refractivity contribution is -0.121. The molecule has 1 saturated carbocycles. The van der Waals surface area contributed by atoms with Gasteiger partial charge in [-0.1, -0.05) is 12.8 Å². The minimum Gasteiger partial charge on any atom is -0.461 e. The van der Waals surface area contributed by atoms with Gasteiger partial charge in [-0.25, -0.2) is 17.9 Å². The van der Waals surface area contributed by atoms with Gasteiger partial charge in [0.2, 0.25) is 15.9 Å². The second-order valence-corrected chi connectivity index (χ2v) is 7.86. The minimum atomic E-state index is -3.79. The molecule has 140 valence electrons. The number of hydrogen-bond donors (Lipinski definition) is 2. The van der Waals surface area contributed by atoms with Crippen LogP contribution in [0, 0.1) is 0 Å². The highest BCUT2D eigenvalue weighted by Crippen LogP contribution is 2.17. The van der Waals surface area contributed by atoms with Gasteiger partial charge in [-0.05, 0) is 25.8 Å². The number of amides is 1. The Morgan fingerprint density at radius 2 is 2.00 bits per heavy atom. The summed E-state index contributed by atoms with van der Waals surface area (Å²) in [5.74, 6) is -0.739. The summed E-state index contributed by atoms with van der Waals surface area (Å²) >= 11 is 0. The Labute approximate surface area is 148 Å². The van der Waals surface area contributed by atoms with Crippen LogP contribution in [0.5, 0.6) is 0 Å². The molecular weight excluding hydrogens is 346 g/mol. The summed E-state index contributed by atoms with van der Waals surface area (Å²) in [6, 6.07) is 1.48. The van der Waals surface area contributed by atoms with Gasteiger partial charge < -0.3 is 14.6 Å². The first-order valence-electron chi connectivity index (χ1n) is 8.46. The third-order valence-electron chi connectivity index (χ3n) is 4.14. The number of aryl methyl sites for hydroxylation is 1. The van der Waals surface area contributed by atoms with Gasteiger partial charge in [-0.3, -0.25) is 4.79 Å². The lowest BCUT2D eigenvalue weighted by Crippen LogP contribution is -2.35. The van der Waals surface area contributed by atoms with Gasteiger partial charge in [-0.15, -0.1) is 0 Å². The molecule has 1 amide bonds. The number of ether oxygens (including phenoxy) is 1. The number of esters is 1. The van der Waals surface area contributed by atoms with E-state index in [4.69, 9.17) is 4.74 Å². The number of carbonyl (C=O) groups is 2. The Balaban J connectivity index is 1.89. The molecule has 25 heavy (non-hydrogen) atoms. The molecule has 9 heteroatoms. The number of carbonyl (C=O) groups excluding carboxylic acids is 2. The zero-order chi connectivity index (χ0) is 18.4. The van der Waals surface area contributed by atoms with Crippen molar-refractivity contribution in [1.82, 2.24) is 14.6 Å². The molecule has 0 atom stereocenters. The third kappa shape index (κ3) is 5.30. The van der Waals surface area contributed by atoms with Gasteiger partial charge in [-0.2, -0.15) is 0 Å². The van der Waals surface area contributed by atoms with Gasteiger partial charge in [0.1, 0.15) is 10.6 Å². The molecule has 0 unspecified atom stereocenters. The van der Waals surface area contributed by atoms with Gasteiger partial charge in [0.25, 0.3) is 0 Å². The van der Waals surface area contributed by atoms with Crippen LogP contribution < -0.4 is 10.0 Å². The number of nitrogens with one attached hydrogen (secondary N) is 2. The van der Waals surface area contributed by atoms with E-state index in [1.165, 1.54) is 16.8 Å². The van der Waals surface area contributed by atoms with Crippen LogP contribution in [0.2, 0.25) is 0 Å². The van der Waals surface area contributed by atoms with Gasteiger partial charge in [0.05, 0.1) is 6.61 Å². The number of hydrogen-bond acceptors (Lipinski definition) is 5. The van der Waals surface area contributed by atoms with Crippen LogP contribution in [0.15, 0.2) is 17.2 Å². The van der Waals surface area contributed by atoms with Crippen molar-refractivity contribution in [2.45, 2.75) is 50.0 Å². The molecule has 0 saturated heterocycles. The van der Waals surface area contributed by atoms with Crippen molar-refractivity contribution in [3.63, 3.8) is 0 Å². The Morgan fingerprint density at radius 1 is 1.32 bits per heavy atom. The Bertz CT molecular complexity index is 720.